The third-order valence-electron chi connectivity index (χ3n) is 5.22. The SMILES string of the molecule is Cc1cc(C(=O)CN2C[C@@H](C)O[C@@H](C)C2)c(C)n1[C@H]1CCS(=O)(=O)C1. The van der Waals surface area contributed by atoms with E-state index in [1.54, 1.807) is 0 Å². The van der Waals surface area contributed by atoms with Gasteiger partial charge in [0, 0.05) is 36.1 Å². The number of ether oxygens (including phenoxy) is 1. The molecule has 0 aromatic carbocycles. The molecule has 0 unspecified atom stereocenters. The Morgan fingerprint density at radius 3 is 2.44 bits per heavy atom. The first-order valence-corrected chi connectivity index (χ1v) is 10.8. The van der Waals surface area contributed by atoms with Crippen LogP contribution in [0.3, 0.4) is 0 Å². The summed E-state index contributed by atoms with van der Waals surface area (Å²) in [6.07, 6.45) is 0.894. The highest BCUT2D eigenvalue weighted by atomic mass is 32.2. The zero-order valence-corrected chi connectivity index (χ0v) is 16.3. The fraction of sp³-hybridized carbons (Fsp3) is 0.722. The molecule has 0 saturated carbocycles. The minimum absolute atomic E-state index is 0.0463. The lowest BCUT2D eigenvalue weighted by Crippen LogP contribution is -2.47. The van der Waals surface area contributed by atoms with Crippen LogP contribution in [-0.2, 0) is 14.6 Å². The molecule has 0 aliphatic carbocycles. The summed E-state index contributed by atoms with van der Waals surface area (Å²) in [5.74, 6) is 0.512. The maximum Gasteiger partial charge on any atom is 0.178 e. The highest BCUT2D eigenvalue weighted by Crippen LogP contribution is 2.29. The quantitative estimate of drug-likeness (QED) is 0.758. The van der Waals surface area contributed by atoms with Crippen LogP contribution in [-0.4, -0.2) is 67.0 Å². The van der Waals surface area contributed by atoms with Crippen LogP contribution in [0, 0.1) is 13.8 Å². The van der Waals surface area contributed by atoms with E-state index in [4.69, 9.17) is 4.74 Å². The van der Waals surface area contributed by atoms with Crippen molar-refractivity contribution in [2.45, 2.75) is 52.4 Å². The van der Waals surface area contributed by atoms with Crippen molar-refractivity contribution in [3.8, 4) is 0 Å². The van der Waals surface area contributed by atoms with E-state index < -0.39 is 9.84 Å². The first kappa shape index (κ1) is 18.6. The predicted octanol–water partition coefficient (Wildman–Crippen LogP) is 1.76. The number of sulfone groups is 1. The highest BCUT2D eigenvalue weighted by molar-refractivity contribution is 7.91. The van der Waals surface area contributed by atoms with E-state index in [2.05, 4.69) is 4.90 Å². The number of aryl methyl sites for hydroxylation is 1. The smallest absolute Gasteiger partial charge is 0.178 e. The number of carbonyl (C=O) groups is 1. The molecule has 3 atom stereocenters. The molecule has 2 fully saturated rings. The Hall–Kier alpha value is -1.18. The molecule has 6 nitrogen and oxygen atoms in total. The van der Waals surface area contributed by atoms with Crippen molar-refractivity contribution >= 4 is 15.6 Å². The van der Waals surface area contributed by atoms with Crippen molar-refractivity contribution in [3.05, 3.63) is 23.0 Å². The number of hydrogen-bond donors (Lipinski definition) is 0. The second-order valence-corrected chi connectivity index (χ2v) is 9.81. The molecule has 140 valence electrons. The maximum atomic E-state index is 12.8. The molecular formula is C18H28N2O4S. The second kappa shape index (κ2) is 6.85. The van der Waals surface area contributed by atoms with Gasteiger partial charge in [0.2, 0.25) is 0 Å². The van der Waals surface area contributed by atoms with Gasteiger partial charge in [0.25, 0.3) is 0 Å². The lowest BCUT2D eigenvalue weighted by Gasteiger charge is -2.34. The number of hydrogen-bond acceptors (Lipinski definition) is 5. The summed E-state index contributed by atoms with van der Waals surface area (Å²) in [6.45, 7) is 9.83. The van der Waals surface area contributed by atoms with Crippen molar-refractivity contribution < 1.29 is 17.9 Å². The van der Waals surface area contributed by atoms with Gasteiger partial charge in [-0.3, -0.25) is 9.69 Å². The molecule has 0 amide bonds. The van der Waals surface area contributed by atoms with Crippen molar-refractivity contribution in [2.24, 2.45) is 0 Å². The number of nitrogens with zero attached hydrogens (tertiary/aromatic N) is 2. The van der Waals surface area contributed by atoms with Gasteiger partial charge < -0.3 is 9.30 Å². The molecule has 2 aliphatic rings. The van der Waals surface area contributed by atoms with Crippen LogP contribution in [0.1, 0.15) is 48.1 Å². The first-order valence-electron chi connectivity index (χ1n) is 8.96. The number of Topliss-reactive ketones (excluding diaryl/α,β-unsaturated/α-hetero) is 1. The van der Waals surface area contributed by atoms with E-state index >= 15 is 0 Å². The first-order chi connectivity index (χ1) is 11.7. The molecule has 7 heteroatoms. The van der Waals surface area contributed by atoms with Crippen molar-refractivity contribution in [2.75, 3.05) is 31.1 Å². The number of morpholine rings is 1. The Labute approximate surface area is 150 Å². The van der Waals surface area contributed by atoms with Gasteiger partial charge in [-0.05, 0) is 40.2 Å². The fourth-order valence-electron chi connectivity index (χ4n) is 4.30. The van der Waals surface area contributed by atoms with E-state index in [0.717, 1.165) is 24.5 Å². The molecule has 25 heavy (non-hydrogen) atoms. The number of ketones is 1. The van der Waals surface area contributed by atoms with Gasteiger partial charge in [-0.15, -0.1) is 0 Å². The van der Waals surface area contributed by atoms with Gasteiger partial charge in [-0.1, -0.05) is 0 Å². The van der Waals surface area contributed by atoms with Gasteiger partial charge >= 0.3 is 0 Å². The van der Waals surface area contributed by atoms with Gasteiger partial charge in [0.1, 0.15) is 0 Å². The van der Waals surface area contributed by atoms with Crippen LogP contribution in [0.15, 0.2) is 6.07 Å². The molecule has 0 spiro atoms. The van der Waals surface area contributed by atoms with E-state index in [1.165, 1.54) is 0 Å². The molecule has 0 radical (unpaired) electrons. The molecule has 0 N–H and O–H groups in total. The molecule has 1 aromatic rings. The zero-order chi connectivity index (χ0) is 18.4. The van der Waals surface area contributed by atoms with Crippen LogP contribution >= 0.6 is 0 Å². The highest BCUT2D eigenvalue weighted by Gasteiger charge is 2.32. The van der Waals surface area contributed by atoms with Crippen molar-refractivity contribution in [3.63, 3.8) is 0 Å². The molecule has 3 rings (SSSR count). The Kier molecular flexibility index (Phi) is 5.10. The largest absolute Gasteiger partial charge is 0.373 e. The third-order valence-corrected chi connectivity index (χ3v) is 6.97. The molecule has 0 bridgehead atoms. The Morgan fingerprint density at radius 2 is 1.88 bits per heavy atom. The van der Waals surface area contributed by atoms with Crippen molar-refractivity contribution in [1.82, 2.24) is 9.47 Å². The predicted molar refractivity (Wildman–Crippen MR) is 97.0 cm³/mol. The average Bonchev–Trinajstić information content (AvgIpc) is 2.97. The summed E-state index contributed by atoms with van der Waals surface area (Å²) in [6, 6.07) is 1.87. The van der Waals surface area contributed by atoms with E-state index in [0.29, 0.717) is 18.5 Å². The molecule has 1 aromatic heterocycles. The lowest BCUT2D eigenvalue weighted by molar-refractivity contribution is -0.0652. The van der Waals surface area contributed by atoms with Crippen LogP contribution in [0.4, 0.5) is 0 Å². The normalized spacial score (nSPS) is 29.8. The molecule has 2 saturated heterocycles. The van der Waals surface area contributed by atoms with Gasteiger partial charge in [0.15, 0.2) is 15.6 Å². The third kappa shape index (κ3) is 3.99. The van der Waals surface area contributed by atoms with E-state index in [-0.39, 0.29) is 35.5 Å². The molecular weight excluding hydrogens is 340 g/mol. The number of aromatic nitrogens is 1. The van der Waals surface area contributed by atoms with Gasteiger partial charge in [0.05, 0.1) is 30.3 Å². The zero-order valence-electron chi connectivity index (χ0n) is 15.5. The average molecular weight is 368 g/mol. The summed E-state index contributed by atoms with van der Waals surface area (Å²) in [7, 11) is -2.95. The van der Waals surface area contributed by atoms with E-state index in [1.807, 2.05) is 38.3 Å². The monoisotopic (exact) mass is 368 g/mol. The summed E-state index contributed by atoms with van der Waals surface area (Å²) in [5, 5.41) is 0. The van der Waals surface area contributed by atoms with Crippen LogP contribution in [0.5, 0.6) is 0 Å². The lowest BCUT2D eigenvalue weighted by atomic mass is 10.1. The fourth-order valence-corrected chi connectivity index (χ4v) is 6.00. The van der Waals surface area contributed by atoms with E-state index in [9.17, 15) is 13.2 Å². The summed E-state index contributed by atoms with van der Waals surface area (Å²) in [4.78, 5) is 15.0. The topological polar surface area (TPSA) is 68.6 Å². The second-order valence-electron chi connectivity index (χ2n) is 7.59. The van der Waals surface area contributed by atoms with Gasteiger partial charge in [-0.25, -0.2) is 8.42 Å². The van der Waals surface area contributed by atoms with Gasteiger partial charge in [-0.2, -0.15) is 0 Å². The minimum atomic E-state index is -2.95. The van der Waals surface area contributed by atoms with Crippen LogP contribution in [0.25, 0.3) is 0 Å². The number of rotatable bonds is 4. The van der Waals surface area contributed by atoms with Crippen LogP contribution < -0.4 is 0 Å². The molecule has 2 aliphatic heterocycles. The summed E-state index contributed by atoms with van der Waals surface area (Å²) < 4.78 is 31.4. The minimum Gasteiger partial charge on any atom is -0.373 e. The maximum absolute atomic E-state index is 12.8. The Bertz CT molecular complexity index is 758. The van der Waals surface area contributed by atoms with Crippen molar-refractivity contribution in [1.29, 1.82) is 0 Å². The molecule has 3 heterocycles. The summed E-state index contributed by atoms with van der Waals surface area (Å²) >= 11 is 0. The Morgan fingerprint density at radius 1 is 1.24 bits per heavy atom. The Balaban J connectivity index is 1.77. The summed E-state index contributed by atoms with van der Waals surface area (Å²) in [5.41, 5.74) is 2.57. The number of carbonyl (C=O) groups excluding carboxylic acids is 1. The van der Waals surface area contributed by atoms with Crippen LogP contribution in [0.2, 0.25) is 0 Å². The standard InChI is InChI=1S/C18H28N2O4S/c1-12-7-17(15(4)20(12)16-5-6-25(22,23)11-16)18(21)10-19-8-13(2)24-14(3)9-19/h7,13-14,16H,5-6,8-11H2,1-4H3/t13-,14+,16-/m0/s1.